The zero-order valence-electron chi connectivity index (χ0n) is 25.7. The first-order valence-corrected chi connectivity index (χ1v) is 13.9. The van der Waals surface area contributed by atoms with E-state index in [0.29, 0.717) is 12.7 Å². The Morgan fingerprint density at radius 3 is 1.82 bits per heavy atom. The van der Waals surface area contributed by atoms with E-state index in [0.717, 1.165) is 5.56 Å². The second-order valence-electron chi connectivity index (χ2n) is 12.1. The van der Waals surface area contributed by atoms with Crippen LogP contribution >= 0.6 is 0 Å². The third-order valence-corrected chi connectivity index (χ3v) is 6.07. The van der Waals surface area contributed by atoms with Crippen LogP contribution in [0.2, 0.25) is 0 Å². The summed E-state index contributed by atoms with van der Waals surface area (Å²) in [5.74, 6) is -1.45. The van der Waals surface area contributed by atoms with Gasteiger partial charge in [-0.25, -0.2) is 4.79 Å². The molecule has 0 saturated carbocycles. The maximum absolute atomic E-state index is 13.5. The Hall–Kier alpha value is -2.98. The molecule has 10 nitrogen and oxygen atoms in total. The number of hydrogen-bond donors (Lipinski definition) is 3. The molecule has 3 N–H and O–H groups in total. The molecule has 0 fully saturated rings. The number of benzene rings is 1. The third kappa shape index (κ3) is 12.9. The summed E-state index contributed by atoms with van der Waals surface area (Å²) in [4.78, 5) is 51.4. The van der Waals surface area contributed by atoms with Gasteiger partial charge in [0.2, 0.25) is 11.8 Å². The van der Waals surface area contributed by atoms with Crippen LogP contribution in [0.5, 0.6) is 0 Å². The van der Waals surface area contributed by atoms with Gasteiger partial charge < -0.3 is 35.0 Å². The number of ether oxygens (including phenoxy) is 3. The lowest BCUT2D eigenvalue weighted by Crippen LogP contribution is -2.61. The monoisotopic (exact) mass is 563 g/mol. The molecule has 1 rings (SSSR count). The van der Waals surface area contributed by atoms with Crippen LogP contribution in [0.3, 0.4) is 0 Å². The summed E-state index contributed by atoms with van der Waals surface area (Å²) in [6.07, 6.45) is -0.951. The number of hydrogen-bond acceptors (Lipinski definition) is 7. The molecule has 226 valence electrons. The molecule has 10 heteroatoms. The Balaban J connectivity index is 3.10. The molecular weight excluding hydrogens is 514 g/mol. The Morgan fingerprint density at radius 2 is 1.32 bits per heavy atom. The molecule has 3 amide bonds. The molecule has 0 saturated heterocycles. The molecule has 0 aromatic heterocycles. The highest BCUT2D eigenvalue weighted by Gasteiger charge is 2.36. The van der Waals surface area contributed by atoms with Crippen molar-refractivity contribution in [3.63, 3.8) is 0 Å². The van der Waals surface area contributed by atoms with Gasteiger partial charge in [0.15, 0.2) is 0 Å². The zero-order valence-corrected chi connectivity index (χ0v) is 25.7. The van der Waals surface area contributed by atoms with Gasteiger partial charge in [-0.15, -0.1) is 0 Å². The van der Waals surface area contributed by atoms with E-state index in [1.807, 2.05) is 85.7 Å². The van der Waals surface area contributed by atoms with Crippen molar-refractivity contribution in [2.75, 3.05) is 0 Å². The van der Waals surface area contributed by atoms with Crippen molar-refractivity contribution in [1.82, 2.24) is 16.0 Å². The smallest absolute Gasteiger partial charge is 0.408 e. The van der Waals surface area contributed by atoms with Crippen molar-refractivity contribution in [2.24, 2.45) is 5.92 Å². The van der Waals surface area contributed by atoms with Crippen molar-refractivity contribution in [3.8, 4) is 0 Å². The van der Waals surface area contributed by atoms with E-state index in [4.69, 9.17) is 14.2 Å². The van der Waals surface area contributed by atoms with E-state index in [-0.39, 0.29) is 12.5 Å². The van der Waals surface area contributed by atoms with E-state index in [9.17, 15) is 19.2 Å². The molecule has 1 aromatic carbocycles. The highest BCUT2D eigenvalue weighted by molar-refractivity contribution is 5.92. The van der Waals surface area contributed by atoms with Gasteiger partial charge in [-0.05, 0) is 66.9 Å². The van der Waals surface area contributed by atoms with E-state index in [1.165, 1.54) is 0 Å². The number of amides is 3. The SMILES string of the molecule is CC[C@H](C)[C@H](NC(=O)OCc1ccccc1)C(=O)NC(C(=O)N[C@H](C=O)[C@@H](C)OC(C)(C)C)[C@@H](C)OC(C)(C)C. The molecule has 0 bridgehead atoms. The maximum Gasteiger partial charge on any atom is 0.408 e. The lowest BCUT2D eigenvalue weighted by Gasteiger charge is -2.34. The fourth-order valence-corrected chi connectivity index (χ4v) is 4.01. The molecule has 0 spiro atoms. The Bertz CT molecular complexity index is 956. The summed E-state index contributed by atoms with van der Waals surface area (Å²) >= 11 is 0. The van der Waals surface area contributed by atoms with Crippen molar-refractivity contribution in [1.29, 1.82) is 0 Å². The average molecular weight is 564 g/mol. The van der Waals surface area contributed by atoms with Gasteiger partial charge in [-0.1, -0.05) is 50.6 Å². The summed E-state index contributed by atoms with van der Waals surface area (Å²) in [5.41, 5.74) is -0.349. The van der Waals surface area contributed by atoms with E-state index < -0.39 is 59.4 Å². The van der Waals surface area contributed by atoms with Crippen LogP contribution in [-0.4, -0.2) is 65.7 Å². The normalized spacial score (nSPS) is 16.4. The van der Waals surface area contributed by atoms with Gasteiger partial charge in [0.25, 0.3) is 0 Å². The Kier molecular flexibility index (Phi) is 13.8. The summed E-state index contributed by atoms with van der Waals surface area (Å²) < 4.78 is 17.2. The van der Waals surface area contributed by atoms with Gasteiger partial charge in [-0.2, -0.15) is 0 Å². The van der Waals surface area contributed by atoms with Crippen molar-refractivity contribution < 1.29 is 33.4 Å². The largest absolute Gasteiger partial charge is 0.445 e. The van der Waals surface area contributed by atoms with Crippen LogP contribution in [0.1, 0.15) is 81.2 Å². The van der Waals surface area contributed by atoms with Gasteiger partial charge in [0.1, 0.15) is 31.0 Å². The second-order valence-corrected chi connectivity index (χ2v) is 12.1. The fourth-order valence-electron chi connectivity index (χ4n) is 4.01. The zero-order chi connectivity index (χ0) is 30.7. The lowest BCUT2D eigenvalue weighted by molar-refractivity contribution is -0.141. The Labute approximate surface area is 239 Å². The van der Waals surface area contributed by atoms with Crippen LogP contribution in [0.25, 0.3) is 0 Å². The maximum atomic E-state index is 13.5. The van der Waals surface area contributed by atoms with Crippen LogP contribution in [0.15, 0.2) is 30.3 Å². The van der Waals surface area contributed by atoms with Crippen molar-refractivity contribution >= 4 is 24.2 Å². The molecule has 0 aliphatic heterocycles. The second kappa shape index (κ2) is 15.7. The Morgan fingerprint density at radius 1 is 0.800 bits per heavy atom. The van der Waals surface area contributed by atoms with Crippen LogP contribution in [-0.2, 0) is 35.2 Å². The van der Waals surface area contributed by atoms with Crippen LogP contribution in [0, 0.1) is 5.92 Å². The topological polar surface area (TPSA) is 132 Å². The predicted molar refractivity (Wildman–Crippen MR) is 154 cm³/mol. The van der Waals surface area contributed by atoms with Crippen LogP contribution < -0.4 is 16.0 Å². The summed E-state index contributed by atoms with van der Waals surface area (Å²) in [6.45, 7) is 18.2. The quantitative estimate of drug-likeness (QED) is 0.293. The minimum Gasteiger partial charge on any atom is -0.445 e. The first kappa shape index (κ1) is 35.0. The molecule has 0 aliphatic carbocycles. The van der Waals surface area contributed by atoms with Crippen LogP contribution in [0.4, 0.5) is 4.79 Å². The molecule has 1 unspecified atom stereocenters. The average Bonchev–Trinajstić information content (AvgIpc) is 2.85. The standard InChI is InChI=1S/C30H49N3O7/c1-11-19(2)24(33-28(37)38-18-22-15-13-12-14-16-22)26(35)32-25(21(4)40-30(8,9)10)27(36)31-23(17-34)20(3)39-29(5,6)7/h12-17,19-21,23-25H,11,18H2,1-10H3,(H,31,36)(H,32,35)(H,33,37)/t19-,20+,21+,23+,24-,25?/m0/s1. The van der Waals surface area contributed by atoms with Crippen molar-refractivity contribution in [3.05, 3.63) is 35.9 Å². The van der Waals surface area contributed by atoms with Crippen molar-refractivity contribution in [2.45, 2.75) is 124 Å². The molecule has 0 radical (unpaired) electrons. The lowest BCUT2D eigenvalue weighted by atomic mass is 9.97. The summed E-state index contributed by atoms with van der Waals surface area (Å²) in [6, 6.07) is 6.09. The van der Waals surface area contributed by atoms with Gasteiger partial charge >= 0.3 is 6.09 Å². The molecule has 0 heterocycles. The number of carbonyl (C=O) groups excluding carboxylic acids is 4. The molecule has 6 atom stereocenters. The van der Waals surface area contributed by atoms with Gasteiger partial charge in [0, 0.05) is 0 Å². The highest BCUT2D eigenvalue weighted by atomic mass is 16.5. The number of alkyl carbamates (subject to hydrolysis) is 1. The molecule has 40 heavy (non-hydrogen) atoms. The number of nitrogens with one attached hydrogen (secondary N) is 3. The number of carbonyl (C=O) groups is 4. The van der Waals surface area contributed by atoms with Gasteiger partial charge in [0.05, 0.1) is 23.4 Å². The van der Waals surface area contributed by atoms with Gasteiger partial charge in [-0.3, -0.25) is 9.59 Å². The van der Waals surface area contributed by atoms with E-state index in [1.54, 1.807) is 13.8 Å². The number of rotatable bonds is 14. The minimum absolute atomic E-state index is 0.0465. The summed E-state index contributed by atoms with van der Waals surface area (Å²) in [5, 5.41) is 8.07. The van der Waals surface area contributed by atoms with E-state index in [2.05, 4.69) is 16.0 Å². The first-order chi connectivity index (χ1) is 18.5. The molecular formula is C30H49N3O7. The predicted octanol–water partition coefficient (Wildman–Crippen LogP) is 3.90. The number of aldehydes is 1. The highest BCUT2D eigenvalue weighted by Crippen LogP contribution is 2.16. The minimum atomic E-state index is -1.16. The summed E-state index contributed by atoms with van der Waals surface area (Å²) in [7, 11) is 0. The first-order valence-electron chi connectivity index (χ1n) is 13.9. The van der Waals surface area contributed by atoms with E-state index >= 15 is 0 Å². The molecule has 0 aliphatic rings. The molecule has 1 aromatic rings. The fraction of sp³-hybridized carbons (Fsp3) is 0.667. The third-order valence-electron chi connectivity index (χ3n) is 6.07.